The van der Waals surface area contributed by atoms with Crippen LogP contribution in [-0.4, -0.2) is 19.1 Å². The van der Waals surface area contributed by atoms with Gasteiger partial charge in [0.2, 0.25) is 5.95 Å². The van der Waals surface area contributed by atoms with Gasteiger partial charge in [-0.3, -0.25) is 4.57 Å². The Hall–Kier alpha value is -7.56. The summed E-state index contributed by atoms with van der Waals surface area (Å²) in [6.07, 6.45) is 3.91. The Morgan fingerprint density at radius 3 is 1.53 bits per heavy atom. The van der Waals surface area contributed by atoms with E-state index in [2.05, 4.69) is 218 Å². The molecule has 8 aromatic carbocycles. The lowest BCUT2D eigenvalue weighted by Gasteiger charge is -2.19. The standard InChI is InChI=1S/C56H42N4/c1-56(2,3)45-26-29-53-50(34-45)49-32-42(43-24-27-48-47-22-10-11-23-51(47)59(54(48)33-43)46-20-8-5-9-21-46)25-28-52(49)60(53)55-57-35-44(36-58-55)41-19-13-18-40(31-41)39-17-12-16-38(30-39)37-14-6-4-7-15-37/h4-36H,1-3H3. The predicted octanol–water partition coefficient (Wildman–Crippen LogP) is 14.6. The minimum atomic E-state index is -0.00827. The van der Waals surface area contributed by atoms with Gasteiger partial charge in [0.15, 0.2) is 0 Å². The molecule has 0 saturated heterocycles. The van der Waals surface area contributed by atoms with Crippen LogP contribution in [0.5, 0.6) is 0 Å². The van der Waals surface area contributed by atoms with E-state index in [4.69, 9.17) is 9.97 Å². The number of rotatable bonds is 6. The van der Waals surface area contributed by atoms with Gasteiger partial charge in [0.1, 0.15) is 0 Å². The van der Waals surface area contributed by atoms with Crippen molar-refractivity contribution < 1.29 is 0 Å². The largest absolute Gasteiger partial charge is 0.309 e. The summed E-state index contributed by atoms with van der Waals surface area (Å²) < 4.78 is 4.60. The number of nitrogens with zero attached hydrogens (tertiary/aromatic N) is 4. The highest BCUT2D eigenvalue weighted by Crippen LogP contribution is 2.39. The van der Waals surface area contributed by atoms with Crippen LogP contribution in [0.3, 0.4) is 0 Å². The first-order valence-corrected chi connectivity index (χ1v) is 20.6. The highest BCUT2D eigenvalue weighted by Gasteiger charge is 2.20. The van der Waals surface area contributed by atoms with Crippen LogP contribution in [0.15, 0.2) is 200 Å². The average Bonchev–Trinajstić information content (AvgIpc) is 3.81. The van der Waals surface area contributed by atoms with Crippen LogP contribution in [0.4, 0.5) is 0 Å². The molecule has 11 rings (SSSR count). The summed E-state index contributed by atoms with van der Waals surface area (Å²) in [7, 11) is 0. The molecule has 4 heteroatoms. The number of para-hydroxylation sites is 2. The maximum atomic E-state index is 5.05. The van der Waals surface area contributed by atoms with Crippen molar-refractivity contribution in [2.24, 2.45) is 0 Å². The maximum absolute atomic E-state index is 5.05. The molecule has 0 aliphatic rings. The van der Waals surface area contributed by atoms with E-state index in [0.717, 1.165) is 33.4 Å². The van der Waals surface area contributed by atoms with Crippen molar-refractivity contribution in [2.75, 3.05) is 0 Å². The monoisotopic (exact) mass is 770 g/mol. The zero-order valence-corrected chi connectivity index (χ0v) is 33.8. The third kappa shape index (κ3) is 6.08. The Balaban J connectivity index is 1.01. The lowest BCUT2D eigenvalue weighted by molar-refractivity contribution is 0.591. The van der Waals surface area contributed by atoms with Crippen molar-refractivity contribution in [1.29, 1.82) is 0 Å². The molecule has 0 radical (unpaired) electrons. The second-order valence-electron chi connectivity index (χ2n) is 16.8. The lowest BCUT2D eigenvalue weighted by atomic mass is 9.86. The van der Waals surface area contributed by atoms with E-state index >= 15 is 0 Å². The van der Waals surface area contributed by atoms with E-state index < -0.39 is 0 Å². The van der Waals surface area contributed by atoms with Crippen LogP contribution in [0.1, 0.15) is 26.3 Å². The van der Waals surface area contributed by atoms with Crippen LogP contribution in [0, 0.1) is 0 Å². The van der Waals surface area contributed by atoms with Crippen molar-refractivity contribution >= 4 is 43.6 Å². The van der Waals surface area contributed by atoms with Crippen LogP contribution >= 0.6 is 0 Å². The Labute approximate surface area is 349 Å². The summed E-state index contributed by atoms with van der Waals surface area (Å²) >= 11 is 0. The van der Waals surface area contributed by atoms with E-state index in [1.807, 2.05) is 12.4 Å². The third-order valence-electron chi connectivity index (χ3n) is 12.0. The van der Waals surface area contributed by atoms with Crippen LogP contribution < -0.4 is 0 Å². The third-order valence-corrected chi connectivity index (χ3v) is 12.0. The zero-order valence-electron chi connectivity index (χ0n) is 33.8. The van der Waals surface area contributed by atoms with Gasteiger partial charge in [0, 0.05) is 45.2 Å². The SMILES string of the molecule is CC(C)(C)c1ccc2c(c1)c1cc(-c3ccc4c5ccccc5n(-c5ccccc5)c4c3)ccc1n2-c1ncc(-c2cccc(-c3cccc(-c4ccccc4)c3)c2)cn1. The molecule has 0 bridgehead atoms. The number of aromatic nitrogens is 4. The van der Waals surface area contributed by atoms with Gasteiger partial charge in [-0.05, 0) is 111 Å². The summed E-state index contributed by atoms with van der Waals surface area (Å²) in [5.41, 5.74) is 16.1. The van der Waals surface area contributed by atoms with Crippen molar-refractivity contribution in [3.8, 4) is 56.1 Å². The van der Waals surface area contributed by atoms with Crippen LogP contribution in [0.25, 0.3) is 99.8 Å². The normalized spacial score (nSPS) is 11.9. The average molecular weight is 771 g/mol. The smallest absolute Gasteiger partial charge is 0.234 e. The first kappa shape index (κ1) is 35.6. The van der Waals surface area contributed by atoms with E-state index in [0.29, 0.717) is 5.95 Å². The van der Waals surface area contributed by atoms with Crippen molar-refractivity contribution in [3.63, 3.8) is 0 Å². The van der Waals surface area contributed by atoms with Gasteiger partial charge < -0.3 is 4.57 Å². The molecule has 286 valence electrons. The Kier molecular flexibility index (Phi) is 8.35. The Morgan fingerprint density at radius 2 is 0.833 bits per heavy atom. The maximum Gasteiger partial charge on any atom is 0.234 e. The fourth-order valence-electron chi connectivity index (χ4n) is 8.86. The quantitative estimate of drug-likeness (QED) is 0.169. The molecule has 60 heavy (non-hydrogen) atoms. The minimum absolute atomic E-state index is 0.00827. The molecule has 11 aromatic rings. The lowest BCUT2D eigenvalue weighted by Crippen LogP contribution is -2.10. The molecule has 0 atom stereocenters. The van der Waals surface area contributed by atoms with Gasteiger partial charge in [-0.25, -0.2) is 9.97 Å². The molecule has 0 unspecified atom stereocenters. The number of fused-ring (bicyclic) bond motifs is 6. The van der Waals surface area contributed by atoms with E-state index in [-0.39, 0.29) is 5.41 Å². The molecule has 0 spiro atoms. The van der Waals surface area contributed by atoms with E-state index in [1.54, 1.807) is 0 Å². The first-order chi connectivity index (χ1) is 29.4. The zero-order chi connectivity index (χ0) is 40.4. The fourth-order valence-corrected chi connectivity index (χ4v) is 8.86. The van der Waals surface area contributed by atoms with Gasteiger partial charge in [-0.15, -0.1) is 0 Å². The molecule has 0 aliphatic heterocycles. The Bertz CT molecular complexity index is 3390. The molecule has 0 saturated carbocycles. The van der Waals surface area contributed by atoms with E-state index in [1.165, 1.54) is 66.0 Å². The van der Waals surface area contributed by atoms with Crippen molar-refractivity contribution in [3.05, 3.63) is 206 Å². The van der Waals surface area contributed by atoms with Gasteiger partial charge in [0.05, 0.1) is 22.1 Å². The number of benzene rings is 8. The fraction of sp³-hybridized carbons (Fsp3) is 0.0714. The minimum Gasteiger partial charge on any atom is -0.309 e. The molecule has 4 nitrogen and oxygen atoms in total. The van der Waals surface area contributed by atoms with Crippen molar-refractivity contribution in [2.45, 2.75) is 26.2 Å². The predicted molar refractivity (Wildman–Crippen MR) is 251 cm³/mol. The molecule has 0 amide bonds. The first-order valence-electron chi connectivity index (χ1n) is 20.6. The molecule has 0 N–H and O–H groups in total. The summed E-state index contributed by atoms with van der Waals surface area (Å²) in [5, 5.41) is 4.87. The molecule has 0 aliphatic carbocycles. The molecule has 0 fully saturated rings. The summed E-state index contributed by atoms with van der Waals surface area (Å²) in [5.74, 6) is 0.649. The number of hydrogen-bond donors (Lipinski definition) is 0. The molecular formula is C56H42N4. The van der Waals surface area contributed by atoms with E-state index in [9.17, 15) is 0 Å². The highest BCUT2D eigenvalue weighted by atomic mass is 15.1. The van der Waals surface area contributed by atoms with Gasteiger partial charge in [-0.1, -0.05) is 148 Å². The van der Waals surface area contributed by atoms with Crippen LogP contribution in [0.2, 0.25) is 0 Å². The molecular weight excluding hydrogens is 729 g/mol. The summed E-state index contributed by atoms with van der Waals surface area (Å²) in [6.45, 7) is 6.82. The molecule has 3 aromatic heterocycles. The highest BCUT2D eigenvalue weighted by molar-refractivity contribution is 6.12. The second kappa shape index (κ2) is 14.1. The van der Waals surface area contributed by atoms with Gasteiger partial charge >= 0.3 is 0 Å². The summed E-state index contributed by atoms with van der Waals surface area (Å²) in [4.78, 5) is 10.1. The number of hydrogen-bond acceptors (Lipinski definition) is 2. The van der Waals surface area contributed by atoms with Crippen LogP contribution in [-0.2, 0) is 5.41 Å². The van der Waals surface area contributed by atoms with Gasteiger partial charge in [-0.2, -0.15) is 0 Å². The van der Waals surface area contributed by atoms with Crippen molar-refractivity contribution in [1.82, 2.24) is 19.1 Å². The summed E-state index contributed by atoms with van der Waals surface area (Å²) in [6, 6.07) is 67.8. The molecule has 3 heterocycles. The Morgan fingerprint density at radius 1 is 0.333 bits per heavy atom. The second-order valence-corrected chi connectivity index (χ2v) is 16.8. The van der Waals surface area contributed by atoms with Gasteiger partial charge in [0.25, 0.3) is 0 Å². The topological polar surface area (TPSA) is 35.6 Å².